The molecule has 1 fully saturated rings. The van der Waals surface area contributed by atoms with Crippen molar-refractivity contribution in [3.8, 4) is 0 Å². The van der Waals surface area contributed by atoms with Crippen molar-refractivity contribution < 1.29 is 8.42 Å². The molecule has 0 aromatic heterocycles. The van der Waals surface area contributed by atoms with Crippen LogP contribution in [-0.4, -0.2) is 27.3 Å². The quantitative estimate of drug-likeness (QED) is 0.892. The topological polar surface area (TPSA) is 49.4 Å². The Bertz CT molecular complexity index is 493. The van der Waals surface area contributed by atoms with Crippen molar-refractivity contribution in [2.75, 3.05) is 28.5 Å². The third-order valence-corrected chi connectivity index (χ3v) is 4.57. The Morgan fingerprint density at radius 2 is 1.89 bits per heavy atom. The molecule has 1 aromatic rings. The highest BCUT2D eigenvalue weighted by Gasteiger charge is 2.17. The van der Waals surface area contributed by atoms with Gasteiger partial charge in [-0.2, -0.15) is 0 Å². The fourth-order valence-electron chi connectivity index (χ4n) is 2.28. The zero-order chi connectivity index (χ0) is 13.0. The molecule has 0 atom stereocenters. The van der Waals surface area contributed by atoms with Crippen molar-refractivity contribution >= 4 is 21.4 Å². The highest BCUT2D eigenvalue weighted by molar-refractivity contribution is 7.92. The zero-order valence-corrected chi connectivity index (χ0v) is 11.5. The van der Waals surface area contributed by atoms with E-state index in [9.17, 15) is 8.42 Å². The summed E-state index contributed by atoms with van der Waals surface area (Å²) in [4.78, 5) is 2.24. The van der Waals surface area contributed by atoms with Crippen molar-refractivity contribution in [3.05, 3.63) is 24.3 Å². The second-order valence-electron chi connectivity index (χ2n) is 4.63. The largest absolute Gasteiger partial charge is 0.370 e. The molecule has 0 radical (unpaired) electrons. The van der Waals surface area contributed by atoms with Gasteiger partial charge in [-0.1, -0.05) is 19.1 Å². The molecule has 0 spiro atoms. The minimum absolute atomic E-state index is 0.168. The predicted octanol–water partition coefficient (Wildman–Crippen LogP) is 2.44. The van der Waals surface area contributed by atoms with Gasteiger partial charge in [0.15, 0.2) is 0 Å². The molecule has 1 aliphatic heterocycles. The van der Waals surface area contributed by atoms with Crippen LogP contribution in [0.3, 0.4) is 0 Å². The Morgan fingerprint density at radius 1 is 1.22 bits per heavy atom. The predicted molar refractivity (Wildman–Crippen MR) is 75.6 cm³/mol. The first-order valence-corrected chi connectivity index (χ1v) is 8.12. The second-order valence-corrected chi connectivity index (χ2v) is 6.47. The summed E-state index contributed by atoms with van der Waals surface area (Å²) in [5, 5.41) is 0. The highest BCUT2D eigenvalue weighted by atomic mass is 32.2. The molecule has 5 heteroatoms. The van der Waals surface area contributed by atoms with Gasteiger partial charge >= 0.3 is 0 Å². The molecule has 1 aromatic carbocycles. The molecule has 1 saturated heterocycles. The molecular formula is C13H20N2O2S. The van der Waals surface area contributed by atoms with Crippen molar-refractivity contribution in [1.29, 1.82) is 0 Å². The number of sulfonamides is 1. The van der Waals surface area contributed by atoms with Crippen molar-refractivity contribution in [2.45, 2.75) is 26.2 Å². The van der Waals surface area contributed by atoms with Gasteiger partial charge in [-0.25, -0.2) is 8.42 Å². The lowest BCUT2D eigenvalue weighted by Gasteiger charge is -2.21. The summed E-state index contributed by atoms with van der Waals surface area (Å²) in [6.07, 6.45) is 2.98. The molecule has 1 aliphatic rings. The zero-order valence-electron chi connectivity index (χ0n) is 10.7. The molecule has 0 saturated carbocycles. The number of nitrogens with one attached hydrogen (secondary N) is 1. The van der Waals surface area contributed by atoms with Crippen molar-refractivity contribution in [3.63, 3.8) is 0 Å². The van der Waals surface area contributed by atoms with Crippen molar-refractivity contribution in [2.24, 2.45) is 0 Å². The number of hydrogen-bond donors (Lipinski definition) is 1. The van der Waals surface area contributed by atoms with E-state index in [1.54, 1.807) is 0 Å². The van der Waals surface area contributed by atoms with Crippen LogP contribution >= 0.6 is 0 Å². The maximum Gasteiger partial charge on any atom is 0.232 e. The molecule has 100 valence electrons. The third kappa shape index (κ3) is 3.16. The Morgan fingerprint density at radius 3 is 2.56 bits per heavy atom. The average Bonchev–Trinajstić information content (AvgIpc) is 2.82. The van der Waals surface area contributed by atoms with Gasteiger partial charge in [0, 0.05) is 13.1 Å². The fourth-order valence-corrected chi connectivity index (χ4v) is 3.43. The number of para-hydroxylation sites is 2. The summed E-state index contributed by atoms with van der Waals surface area (Å²) >= 11 is 0. The first kappa shape index (κ1) is 13.2. The van der Waals surface area contributed by atoms with Gasteiger partial charge in [0.05, 0.1) is 17.1 Å². The van der Waals surface area contributed by atoms with Crippen LogP contribution in [0.2, 0.25) is 0 Å². The van der Waals surface area contributed by atoms with E-state index >= 15 is 0 Å². The van der Waals surface area contributed by atoms with E-state index in [4.69, 9.17) is 0 Å². The SMILES string of the molecule is CCCS(=O)(=O)Nc1ccccc1N1CCCC1. The van der Waals surface area contributed by atoms with Crippen LogP contribution in [0, 0.1) is 0 Å². The average molecular weight is 268 g/mol. The van der Waals surface area contributed by atoms with E-state index in [-0.39, 0.29) is 5.75 Å². The van der Waals surface area contributed by atoms with Gasteiger partial charge in [-0.15, -0.1) is 0 Å². The van der Waals surface area contributed by atoms with E-state index in [0.29, 0.717) is 12.1 Å². The van der Waals surface area contributed by atoms with E-state index < -0.39 is 10.0 Å². The van der Waals surface area contributed by atoms with Gasteiger partial charge in [-0.05, 0) is 31.4 Å². The lowest BCUT2D eigenvalue weighted by Crippen LogP contribution is -2.22. The molecule has 18 heavy (non-hydrogen) atoms. The molecule has 0 amide bonds. The van der Waals surface area contributed by atoms with E-state index in [1.165, 1.54) is 12.8 Å². The van der Waals surface area contributed by atoms with E-state index in [1.807, 2.05) is 31.2 Å². The second kappa shape index (κ2) is 5.61. The number of nitrogens with zero attached hydrogens (tertiary/aromatic N) is 1. The van der Waals surface area contributed by atoms with Crippen LogP contribution in [0.1, 0.15) is 26.2 Å². The lowest BCUT2D eigenvalue weighted by molar-refractivity contribution is 0.600. The van der Waals surface area contributed by atoms with Gasteiger partial charge in [0.1, 0.15) is 0 Å². The standard InChI is InChI=1S/C13H20N2O2S/c1-2-11-18(16,17)14-12-7-3-4-8-13(12)15-9-5-6-10-15/h3-4,7-8,14H,2,5-6,9-11H2,1H3. The van der Waals surface area contributed by atoms with E-state index in [0.717, 1.165) is 18.8 Å². The normalized spacial score (nSPS) is 15.9. The Balaban J connectivity index is 2.22. The first-order valence-electron chi connectivity index (χ1n) is 6.47. The van der Waals surface area contributed by atoms with Gasteiger partial charge in [-0.3, -0.25) is 4.72 Å². The number of benzene rings is 1. The maximum absolute atomic E-state index is 11.8. The summed E-state index contributed by atoms with van der Waals surface area (Å²) in [6, 6.07) is 7.63. The Kier molecular flexibility index (Phi) is 4.11. The van der Waals surface area contributed by atoms with Crippen LogP contribution in [0.15, 0.2) is 24.3 Å². The highest BCUT2D eigenvalue weighted by Crippen LogP contribution is 2.29. The first-order chi connectivity index (χ1) is 8.62. The van der Waals surface area contributed by atoms with Crippen LogP contribution in [0.4, 0.5) is 11.4 Å². The Labute approximate surface area is 109 Å². The van der Waals surface area contributed by atoms with E-state index in [2.05, 4.69) is 9.62 Å². The monoisotopic (exact) mass is 268 g/mol. The summed E-state index contributed by atoms with van der Waals surface area (Å²) in [7, 11) is -3.21. The minimum atomic E-state index is -3.21. The summed E-state index contributed by atoms with van der Waals surface area (Å²) < 4.78 is 26.4. The molecular weight excluding hydrogens is 248 g/mol. The van der Waals surface area contributed by atoms with Crippen LogP contribution in [0.5, 0.6) is 0 Å². The maximum atomic E-state index is 11.8. The fraction of sp³-hybridized carbons (Fsp3) is 0.538. The lowest BCUT2D eigenvalue weighted by atomic mass is 10.2. The molecule has 2 rings (SSSR count). The molecule has 1 heterocycles. The van der Waals surface area contributed by atoms with Crippen LogP contribution in [-0.2, 0) is 10.0 Å². The summed E-state index contributed by atoms with van der Waals surface area (Å²) in [5.74, 6) is 0.168. The minimum Gasteiger partial charge on any atom is -0.370 e. The molecule has 0 bridgehead atoms. The molecule has 4 nitrogen and oxygen atoms in total. The van der Waals surface area contributed by atoms with Crippen LogP contribution < -0.4 is 9.62 Å². The van der Waals surface area contributed by atoms with Gasteiger partial charge in [0.25, 0.3) is 0 Å². The smallest absolute Gasteiger partial charge is 0.232 e. The van der Waals surface area contributed by atoms with Crippen molar-refractivity contribution in [1.82, 2.24) is 0 Å². The third-order valence-electron chi connectivity index (χ3n) is 3.09. The van der Waals surface area contributed by atoms with Gasteiger partial charge < -0.3 is 4.90 Å². The van der Waals surface area contributed by atoms with Gasteiger partial charge in [0.2, 0.25) is 10.0 Å². The Hall–Kier alpha value is -1.23. The summed E-state index contributed by atoms with van der Waals surface area (Å²) in [6.45, 7) is 3.88. The molecule has 0 aliphatic carbocycles. The molecule has 1 N–H and O–H groups in total. The number of rotatable bonds is 5. The number of hydrogen-bond acceptors (Lipinski definition) is 3. The number of anilines is 2. The van der Waals surface area contributed by atoms with Crippen LogP contribution in [0.25, 0.3) is 0 Å². The molecule has 0 unspecified atom stereocenters. The summed E-state index contributed by atoms with van der Waals surface area (Å²) in [5.41, 5.74) is 1.70.